The summed E-state index contributed by atoms with van der Waals surface area (Å²) >= 11 is 0. The third kappa shape index (κ3) is 9.76. The highest BCUT2D eigenvalue weighted by Gasteiger charge is 2.22. The van der Waals surface area contributed by atoms with E-state index >= 15 is 0 Å². The van der Waals surface area contributed by atoms with Crippen LogP contribution in [0.25, 0.3) is 22.1 Å². The van der Waals surface area contributed by atoms with Crippen molar-refractivity contribution in [2.45, 2.75) is 60.3 Å². The highest BCUT2D eigenvalue weighted by molar-refractivity contribution is 6.05. The van der Waals surface area contributed by atoms with E-state index in [1.807, 2.05) is 26.0 Å². The number of hydrogen-bond donors (Lipinski definition) is 5. The van der Waals surface area contributed by atoms with Gasteiger partial charge in [0.1, 0.15) is 22.7 Å². The van der Waals surface area contributed by atoms with Gasteiger partial charge in [0.05, 0.1) is 34.5 Å². The first-order chi connectivity index (χ1) is 26.4. The van der Waals surface area contributed by atoms with Crippen LogP contribution in [0.2, 0.25) is 0 Å². The van der Waals surface area contributed by atoms with Crippen molar-refractivity contribution in [2.24, 2.45) is 11.5 Å². The topological polar surface area (TPSA) is 245 Å². The molecule has 310 valence electrons. The summed E-state index contributed by atoms with van der Waals surface area (Å²) in [5.74, 6) is -1.47. The Morgan fingerprint density at radius 1 is 0.741 bits per heavy atom. The van der Waals surface area contributed by atoms with E-state index in [2.05, 4.69) is 30.8 Å². The Bertz CT molecular complexity index is 2490. The van der Waals surface area contributed by atoms with Gasteiger partial charge in [0.2, 0.25) is 23.7 Å². The molecule has 0 unspecified atom stereocenters. The summed E-state index contributed by atoms with van der Waals surface area (Å²) in [5.41, 5.74) is 15.6. The Kier molecular flexibility index (Phi) is 16.0. The average Bonchev–Trinajstić information content (AvgIpc) is 3.92. The third-order valence-electron chi connectivity index (χ3n) is 8.75. The van der Waals surface area contributed by atoms with E-state index in [9.17, 15) is 24.3 Å². The van der Waals surface area contributed by atoms with Crippen LogP contribution >= 0.6 is 37.2 Å². The van der Waals surface area contributed by atoms with Gasteiger partial charge in [0.15, 0.2) is 0 Å². The lowest BCUT2D eigenvalue weighted by molar-refractivity contribution is 0.0992. The predicted octanol–water partition coefficient (Wildman–Crippen LogP) is 4.42. The Labute approximate surface area is 351 Å². The largest absolute Gasteiger partial charge is 0.491 e. The van der Waals surface area contributed by atoms with E-state index in [0.717, 1.165) is 0 Å². The van der Waals surface area contributed by atoms with E-state index in [1.165, 1.54) is 12.1 Å². The molecule has 0 aliphatic heterocycles. The molecule has 0 atom stereocenters. The maximum atomic E-state index is 13.6. The quantitative estimate of drug-likeness (QED) is 0.0678. The van der Waals surface area contributed by atoms with Crippen molar-refractivity contribution >= 4 is 94.8 Å². The monoisotopic (exact) mass is 858 g/mol. The standard InChI is InChI=1S/C37H42N12O6.3ClH/c1-5-48-28(16-21(3)44-48)34(53)42-36-40-25-18-23(32(38)51)10-11-27(25)46(36)12-7-8-13-47-31-26(19-24(33(39)52)20-30(31)55-15-9-14-50)41-37(47)43-35(54)29-17-22(4)45-49(29)6-2;;;/h7-8,10-11,16-20,50H,5-6,9,12-15H2,1-4H3,(H2,38,51)(H2,39,52)(H,40,42,53)(H,41,43,54);3*1H. The molecule has 4 heterocycles. The van der Waals surface area contributed by atoms with Gasteiger partial charge in [-0.15, -0.1) is 37.2 Å². The Balaban J connectivity index is 0.00000300. The SMILES string of the molecule is CCn1nc(C)cc1C(=O)Nc1nc2cc(C(N)=O)ccc2n1CC=CCn1c(NC(=O)c2cc(C)nn2CC)nc2cc(C(N)=O)cc(OCCCO)c21.Cl.Cl.Cl. The number of nitrogens with one attached hydrogen (secondary N) is 2. The zero-order valence-electron chi connectivity index (χ0n) is 32.1. The summed E-state index contributed by atoms with van der Waals surface area (Å²) in [4.78, 5) is 60.6. The lowest BCUT2D eigenvalue weighted by Crippen LogP contribution is -2.20. The smallest absolute Gasteiger partial charge is 0.276 e. The molecule has 4 aromatic heterocycles. The summed E-state index contributed by atoms with van der Waals surface area (Å²) in [6, 6.07) is 11.2. The molecule has 0 saturated heterocycles. The summed E-state index contributed by atoms with van der Waals surface area (Å²) < 4.78 is 12.7. The number of benzene rings is 2. The van der Waals surface area contributed by atoms with Crippen molar-refractivity contribution in [3.8, 4) is 5.75 Å². The molecule has 21 heteroatoms. The lowest BCUT2D eigenvalue weighted by atomic mass is 10.1. The number of hydrogen-bond acceptors (Lipinski definition) is 10. The molecular formula is C37H45Cl3N12O6. The molecule has 6 rings (SSSR count). The van der Waals surface area contributed by atoms with Crippen molar-refractivity contribution in [1.82, 2.24) is 38.7 Å². The van der Waals surface area contributed by atoms with Crippen LogP contribution in [-0.4, -0.2) is 80.6 Å². The molecule has 6 aromatic rings. The van der Waals surface area contributed by atoms with Crippen LogP contribution in [0.3, 0.4) is 0 Å². The normalized spacial score (nSPS) is 10.9. The molecule has 18 nitrogen and oxygen atoms in total. The van der Waals surface area contributed by atoms with Crippen molar-refractivity contribution in [2.75, 3.05) is 23.8 Å². The molecule has 2 aromatic carbocycles. The fourth-order valence-electron chi connectivity index (χ4n) is 6.20. The van der Waals surface area contributed by atoms with Crippen LogP contribution in [0.5, 0.6) is 5.75 Å². The second kappa shape index (κ2) is 20.0. The number of aliphatic hydroxyl groups is 1. The van der Waals surface area contributed by atoms with Gasteiger partial charge in [0.25, 0.3) is 11.8 Å². The Morgan fingerprint density at radius 2 is 1.26 bits per heavy atom. The molecule has 0 spiro atoms. The van der Waals surface area contributed by atoms with E-state index < -0.39 is 23.6 Å². The van der Waals surface area contributed by atoms with Gasteiger partial charge in [-0.3, -0.25) is 39.2 Å². The van der Waals surface area contributed by atoms with Crippen LogP contribution in [0.15, 0.2) is 54.6 Å². The lowest BCUT2D eigenvalue weighted by Gasteiger charge is -2.13. The minimum absolute atomic E-state index is 0. The van der Waals surface area contributed by atoms with Crippen LogP contribution in [-0.2, 0) is 26.2 Å². The van der Waals surface area contributed by atoms with Crippen LogP contribution in [0.4, 0.5) is 11.9 Å². The molecule has 4 amide bonds. The van der Waals surface area contributed by atoms with Gasteiger partial charge in [-0.1, -0.05) is 12.2 Å². The summed E-state index contributed by atoms with van der Waals surface area (Å²) in [7, 11) is 0. The number of anilines is 2. The van der Waals surface area contributed by atoms with Crippen molar-refractivity contribution < 1.29 is 29.0 Å². The fourth-order valence-corrected chi connectivity index (χ4v) is 6.20. The van der Waals surface area contributed by atoms with Gasteiger partial charge in [-0.2, -0.15) is 10.2 Å². The summed E-state index contributed by atoms with van der Waals surface area (Å²) in [6.45, 7) is 8.75. The average molecular weight is 860 g/mol. The number of halogens is 3. The number of amides is 4. The van der Waals surface area contributed by atoms with E-state index in [0.29, 0.717) is 64.4 Å². The first-order valence-corrected chi connectivity index (χ1v) is 17.7. The number of aryl methyl sites for hydroxylation is 4. The third-order valence-corrected chi connectivity index (χ3v) is 8.75. The van der Waals surface area contributed by atoms with Crippen molar-refractivity contribution in [1.29, 1.82) is 0 Å². The van der Waals surface area contributed by atoms with Crippen LogP contribution in [0.1, 0.15) is 73.3 Å². The molecule has 58 heavy (non-hydrogen) atoms. The minimum atomic E-state index is -0.691. The van der Waals surface area contributed by atoms with Crippen LogP contribution < -0.4 is 26.8 Å². The van der Waals surface area contributed by atoms with Crippen LogP contribution in [0, 0.1) is 13.8 Å². The number of aromatic nitrogens is 8. The van der Waals surface area contributed by atoms with Gasteiger partial charge in [-0.05, 0) is 70.2 Å². The Hall–Kier alpha value is -5.95. The second-order valence-corrected chi connectivity index (χ2v) is 12.6. The van der Waals surface area contributed by atoms with E-state index in [4.69, 9.17) is 16.2 Å². The van der Waals surface area contributed by atoms with Gasteiger partial charge < -0.3 is 30.4 Å². The number of primary amides is 2. The molecule has 0 aliphatic carbocycles. The number of carbonyl (C=O) groups excluding carboxylic acids is 4. The number of nitrogens with zero attached hydrogens (tertiary/aromatic N) is 8. The molecule has 0 aliphatic rings. The molecule has 0 radical (unpaired) electrons. The zero-order valence-corrected chi connectivity index (χ0v) is 34.5. The van der Waals surface area contributed by atoms with Crippen molar-refractivity contribution in [3.63, 3.8) is 0 Å². The highest BCUT2D eigenvalue weighted by atomic mass is 35.5. The first kappa shape index (κ1) is 46.4. The highest BCUT2D eigenvalue weighted by Crippen LogP contribution is 2.32. The number of ether oxygens (including phenoxy) is 1. The number of aliphatic hydroxyl groups excluding tert-OH is 1. The van der Waals surface area contributed by atoms with Gasteiger partial charge in [0, 0.05) is 50.3 Å². The summed E-state index contributed by atoms with van der Waals surface area (Å²) in [6.07, 6.45) is 4.01. The maximum absolute atomic E-state index is 13.6. The summed E-state index contributed by atoms with van der Waals surface area (Å²) in [5, 5.41) is 23.9. The predicted molar refractivity (Wildman–Crippen MR) is 226 cm³/mol. The number of fused-ring (bicyclic) bond motifs is 2. The molecular weight excluding hydrogens is 815 g/mol. The van der Waals surface area contributed by atoms with Gasteiger partial charge >= 0.3 is 0 Å². The first-order valence-electron chi connectivity index (χ1n) is 17.7. The Morgan fingerprint density at radius 3 is 1.79 bits per heavy atom. The van der Waals surface area contributed by atoms with E-state index in [-0.39, 0.29) is 92.3 Å². The number of nitrogens with two attached hydrogens (primary N) is 2. The van der Waals surface area contributed by atoms with Gasteiger partial charge in [-0.25, -0.2) is 9.97 Å². The maximum Gasteiger partial charge on any atom is 0.276 e. The number of rotatable bonds is 16. The van der Waals surface area contributed by atoms with E-state index in [1.54, 1.807) is 62.7 Å². The van der Waals surface area contributed by atoms with Crippen molar-refractivity contribution in [3.05, 3.63) is 88.5 Å². The zero-order chi connectivity index (χ0) is 39.4. The number of carbonyl (C=O) groups is 4. The molecule has 0 bridgehead atoms. The minimum Gasteiger partial charge on any atom is -0.491 e. The number of imidazole rings is 2. The second-order valence-electron chi connectivity index (χ2n) is 12.6. The molecule has 0 saturated carbocycles. The molecule has 0 fully saturated rings. The fraction of sp³-hybridized carbons (Fsp3) is 0.297. The molecule has 7 N–H and O–H groups in total. The number of allylic oxidation sites excluding steroid dienone is 2.